The van der Waals surface area contributed by atoms with Crippen molar-refractivity contribution in [3.63, 3.8) is 0 Å². The van der Waals surface area contributed by atoms with E-state index in [1.54, 1.807) is 37.2 Å². The van der Waals surface area contributed by atoms with E-state index in [0.717, 1.165) is 0 Å². The minimum atomic E-state index is 0.0357. The highest BCUT2D eigenvalue weighted by atomic mass is 35.5. The maximum absolute atomic E-state index is 9.46. The second-order valence-electron chi connectivity index (χ2n) is 5.12. The van der Waals surface area contributed by atoms with E-state index < -0.39 is 0 Å². The fraction of sp³-hybridized carbons (Fsp3) is 0.200. The van der Waals surface area contributed by atoms with Crippen molar-refractivity contribution in [2.75, 3.05) is 31.5 Å². The standard InChI is InChI=1S/C15H13ClN6O2/c1-22(2)15-20-13(19-14(18)21-15)9(6-17)3-8-4-10(16)12-11(5-8)23-7-24-12/h3-5H,7H2,1-2H3,(H2,18,19,20,21)/b9-3-. The summed E-state index contributed by atoms with van der Waals surface area (Å²) in [5.41, 5.74) is 6.58. The van der Waals surface area contributed by atoms with Gasteiger partial charge in [-0.15, -0.1) is 0 Å². The summed E-state index contributed by atoms with van der Waals surface area (Å²) in [5, 5.41) is 9.86. The third-order valence-corrected chi connectivity index (χ3v) is 3.44. The molecule has 9 heteroatoms. The lowest BCUT2D eigenvalue weighted by Gasteiger charge is -2.11. The summed E-state index contributed by atoms with van der Waals surface area (Å²) in [7, 11) is 3.54. The molecule has 0 spiro atoms. The molecule has 1 aromatic carbocycles. The maximum atomic E-state index is 9.46. The summed E-state index contributed by atoms with van der Waals surface area (Å²) in [6.07, 6.45) is 1.60. The fourth-order valence-corrected chi connectivity index (χ4v) is 2.36. The van der Waals surface area contributed by atoms with Gasteiger partial charge in [0.15, 0.2) is 17.3 Å². The molecule has 3 rings (SSSR count). The van der Waals surface area contributed by atoms with Crippen LogP contribution in [-0.4, -0.2) is 35.8 Å². The van der Waals surface area contributed by atoms with Crippen LogP contribution in [0.5, 0.6) is 11.5 Å². The third-order valence-electron chi connectivity index (χ3n) is 3.16. The number of rotatable bonds is 3. The number of anilines is 2. The minimum Gasteiger partial charge on any atom is -0.454 e. The first-order valence-electron chi connectivity index (χ1n) is 6.88. The zero-order valence-electron chi connectivity index (χ0n) is 12.9. The number of allylic oxidation sites excluding steroid dienone is 1. The molecule has 2 aromatic rings. The summed E-state index contributed by atoms with van der Waals surface area (Å²) >= 11 is 6.15. The highest BCUT2D eigenvalue weighted by Gasteiger charge is 2.18. The highest BCUT2D eigenvalue weighted by molar-refractivity contribution is 6.32. The molecule has 1 aliphatic heterocycles. The molecule has 8 nitrogen and oxygen atoms in total. The van der Waals surface area contributed by atoms with Crippen molar-refractivity contribution in [1.82, 2.24) is 15.0 Å². The van der Waals surface area contributed by atoms with Crippen molar-refractivity contribution >= 4 is 35.1 Å². The van der Waals surface area contributed by atoms with Crippen molar-refractivity contribution in [3.8, 4) is 17.6 Å². The van der Waals surface area contributed by atoms with Gasteiger partial charge in [0.2, 0.25) is 18.7 Å². The summed E-state index contributed by atoms with van der Waals surface area (Å²) < 4.78 is 10.6. The molecule has 0 radical (unpaired) electrons. The highest BCUT2D eigenvalue weighted by Crippen LogP contribution is 2.40. The first-order valence-corrected chi connectivity index (χ1v) is 7.26. The summed E-state index contributed by atoms with van der Waals surface area (Å²) in [5.74, 6) is 1.60. The molecule has 2 N–H and O–H groups in total. The Kier molecular flexibility index (Phi) is 4.10. The van der Waals surface area contributed by atoms with E-state index in [9.17, 15) is 5.26 Å². The lowest BCUT2D eigenvalue weighted by atomic mass is 10.1. The predicted molar refractivity (Wildman–Crippen MR) is 89.6 cm³/mol. The smallest absolute Gasteiger partial charge is 0.231 e. The van der Waals surface area contributed by atoms with Gasteiger partial charge in [0, 0.05) is 14.1 Å². The molecule has 0 saturated heterocycles. The average molecular weight is 345 g/mol. The third kappa shape index (κ3) is 3.02. The van der Waals surface area contributed by atoms with Gasteiger partial charge in [0.1, 0.15) is 6.07 Å². The summed E-state index contributed by atoms with van der Waals surface area (Å²) in [4.78, 5) is 13.9. The van der Waals surface area contributed by atoms with Gasteiger partial charge in [-0.25, -0.2) is 0 Å². The Morgan fingerprint density at radius 2 is 2.12 bits per heavy atom. The first-order chi connectivity index (χ1) is 11.5. The van der Waals surface area contributed by atoms with E-state index in [1.807, 2.05) is 0 Å². The van der Waals surface area contributed by atoms with Crippen LogP contribution in [0.4, 0.5) is 11.9 Å². The molecular weight excluding hydrogens is 332 g/mol. The van der Waals surface area contributed by atoms with E-state index in [2.05, 4.69) is 21.0 Å². The topological polar surface area (TPSA) is 110 Å². The van der Waals surface area contributed by atoms with Gasteiger partial charge < -0.3 is 20.1 Å². The van der Waals surface area contributed by atoms with Crippen LogP contribution in [0.1, 0.15) is 11.4 Å². The number of ether oxygens (including phenoxy) is 2. The van der Waals surface area contributed by atoms with Crippen molar-refractivity contribution in [2.24, 2.45) is 0 Å². The van der Waals surface area contributed by atoms with Gasteiger partial charge in [0.05, 0.1) is 10.6 Å². The second-order valence-corrected chi connectivity index (χ2v) is 5.53. The van der Waals surface area contributed by atoms with E-state index in [1.165, 1.54) is 0 Å². The zero-order valence-corrected chi connectivity index (χ0v) is 13.7. The number of benzene rings is 1. The molecule has 1 aliphatic rings. The molecule has 2 heterocycles. The molecule has 0 unspecified atom stereocenters. The van der Waals surface area contributed by atoms with Crippen LogP contribution in [0.25, 0.3) is 11.6 Å². The van der Waals surface area contributed by atoms with E-state index in [-0.39, 0.29) is 24.1 Å². The minimum absolute atomic E-state index is 0.0357. The Morgan fingerprint density at radius 3 is 2.83 bits per heavy atom. The van der Waals surface area contributed by atoms with Gasteiger partial charge in [-0.2, -0.15) is 20.2 Å². The van der Waals surface area contributed by atoms with Crippen molar-refractivity contribution in [1.29, 1.82) is 5.26 Å². The summed E-state index contributed by atoms with van der Waals surface area (Å²) in [6.45, 7) is 0.115. The van der Waals surface area contributed by atoms with Crippen LogP contribution in [0.3, 0.4) is 0 Å². The zero-order chi connectivity index (χ0) is 17.3. The van der Waals surface area contributed by atoms with Crippen LogP contribution in [-0.2, 0) is 0 Å². The number of hydrogen-bond donors (Lipinski definition) is 1. The normalized spacial score (nSPS) is 12.8. The van der Waals surface area contributed by atoms with Crippen LogP contribution in [0, 0.1) is 11.3 Å². The number of halogens is 1. The number of nitrogens with two attached hydrogens (primary N) is 1. The molecule has 0 bridgehead atoms. The van der Waals surface area contributed by atoms with Crippen molar-refractivity contribution < 1.29 is 9.47 Å². The largest absolute Gasteiger partial charge is 0.454 e. The SMILES string of the molecule is CN(C)c1nc(N)nc(/C(C#N)=C\c2cc(Cl)c3c(c2)OCO3)n1. The van der Waals surface area contributed by atoms with Gasteiger partial charge in [-0.05, 0) is 23.8 Å². The van der Waals surface area contributed by atoms with Gasteiger partial charge in [-0.3, -0.25) is 0 Å². The maximum Gasteiger partial charge on any atom is 0.231 e. The number of nitrogens with zero attached hydrogens (tertiary/aromatic N) is 5. The lowest BCUT2D eigenvalue weighted by Crippen LogP contribution is -2.15. The molecule has 0 saturated carbocycles. The first kappa shape index (κ1) is 15.8. The molecule has 0 amide bonds. The summed E-state index contributed by atoms with van der Waals surface area (Å²) in [6, 6.07) is 5.46. The quantitative estimate of drug-likeness (QED) is 0.841. The van der Waals surface area contributed by atoms with Gasteiger partial charge in [-0.1, -0.05) is 11.6 Å². The lowest BCUT2D eigenvalue weighted by molar-refractivity contribution is 0.174. The fourth-order valence-electron chi connectivity index (χ4n) is 2.09. The van der Waals surface area contributed by atoms with Crippen LogP contribution in [0.15, 0.2) is 12.1 Å². The second kappa shape index (κ2) is 6.22. The monoisotopic (exact) mass is 344 g/mol. The molecule has 0 atom stereocenters. The van der Waals surface area contributed by atoms with Gasteiger partial charge >= 0.3 is 0 Å². The Hall–Kier alpha value is -3.05. The average Bonchev–Trinajstić information content (AvgIpc) is 3.01. The molecule has 0 fully saturated rings. The Bertz CT molecular complexity index is 875. The number of hydrogen-bond acceptors (Lipinski definition) is 8. The molecule has 1 aromatic heterocycles. The number of fused-ring (bicyclic) bond motifs is 1. The Balaban J connectivity index is 2.05. The van der Waals surface area contributed by atoms with Gasteiger partial charge in [0.25, 0.3) is 0 Å². The van der Waals surface area contributed by atoms with Crippen LogP contribution >= 0.6 is 11.6 Å². The Labute approximate surface area is 143 Å². The molecule has 122 valence electrons. The van der Waals surface area contributed by atoms with Crippen molar-refractivity contribution in [3.05, 3.63) is 28.5 Å². The van der Waals surface area contributed by atoms with Crippen molar-refractivity contribution in [2.45, 2.75) is 0 Å². The molecular formula is C15H13ClN6O2. The van der Waals surface area contributed by atoms with Crippen LogP contribution in [0.2, 0.25) is 5.02 Å². The van der Waals surface area contributed by atoms with E-state index in [0.29, 0.717) is 28.0 Å². The number of aromatic nitrogens is 3. The van der Waals surface area contributed by atoms with Crippen LogP contribution < -0.4 is 20.1 Å². The van der Waals surface area contributed by atoms with E-state index in [4.69, 9.17) is 26.8 Å². The van der Waals surface area contributed by atoms with E-state index >= 15 is 0 Å². The number of nitrogen functional groups attached to an aromatic ring is 1. The molecule has 24 heavy (non-hydrogen) atoms. The predicted octanol–water partition coefficient (Wildman–Crippen LogP) is 1.97. The Morgan fingerprint density at radius 1 is 1.33 bits per heavy atom. The molecule has 0 aliphatic carbocycles. The number of nitriles is 1.